The Morgan fingerprint density at radius 3 is 2.91 bits per heavy atom. The van der Waals surface area contributed by atoms with Crippen LogP contribution in [0.5, 0.6) is 5.88 Å². The summed E-state index contributed by atoms with van der Waals surface area (Å²) >= 11 is 0. The molecule has 0 bridgehead atoms. The van der Waals surface area contributed by atoms with E-state index in [2.05, 4.69) is 15.0 Å². The largest absolute Gasteiger partial charge is 0.479 e. The van der Waals surface area contributed by atoms with Gasteiger partial charge in [-0.25, -0.2) is 4.98 Å². The zero-order valence-electron chi connectivity index (χ0n) is 12.4. The molecule has 4 heterocycles. The zero-order chi connectivity index (χ0) is 16.2. The number of nitrogen functional groups attached to an aromatic ring is 1. The van der Waals surface area contributed by atoms with Crippen molar-refractivity contribution in [1.29, 1.82) is 0 Å². The van der Waals surface area contributed by atoms with E-state index in [1.165, 1.54) is 13.4 Å². The molecule has 4 N–H and O–H groups in total. The Kier molecular flexibility index (Phi) is 3.17. The number of methoxy groups -OCH3 is 1. The molecular formula is C13H17N5O5. The van der Waals surface area contributed by atoms with Crippen LogP contribution in [0.1, 0.15) is 12.6 Å². The van der Waals surface area contributed by atoms with E-state index in [1.807, 2.05) is 0 Å². The lowest BCUT2D eigenvalue weighted by Gasteiger charge is -2.44. The Morgan fingerprint density at radius 1 is 1.52 bits per heavy atom. The topological polar surface area (TPSA) is 138 Å². The predicted molar refractivity (Wildman–Crippen MR) is 76.6 cm³/mol. The predicted octanol–water partition coefficient (Wildman–Crippen LogP) is -1.17. The van der Waals surface area contributed by atoms with Crippen LogP contribution in [0.25, 0.3) is 11.2 Å². The van der Waals surface area contributed by atoms with Crippen molar-refractivity contribution in [3.63, 3.8) is 0 Å². The van der Waals surface area contributed by atoms with Crippen molar-refractivity contribution in [1.82, 2.24) is 19.5 Å². The summed E-state index contributed by atoms with van der Waals surface area (Å²) < 4.78 is 18.3. The van der Waals surface area contributed by atoms with Crippen molar-refractivity contribution in [3.05, 3.63) is 6.33 Å². The molecule has 0 unspecified atom stereocenters. The minimum Gasteiger partial charge on any atom is -0.479 e. The van der Waals surface area contributed by atoms with Crippen LogP contribution in [-0.4, -0.2) is 67.9 Å². The third kappa shape index (κ3) is 1.86. The van der Waals surface area contributed by atoms with E-state index in [1.54, 1.807) is 4.57 Å². The molecule has 2 aliphatic heterocycles. The van der Waals surface area contributed by atoms with Crippen LogP contribution in [-0.2, 0) is 9.47 Å². The van der Waals surface area contributed by atoms with E-state index >= 15 is 0 Å². The smallest absolute Gasteiger partial charge is 0.246 e. The van der Waals surface area contributed by atoms with Crippen LogP contribution in [0.3, 0.4) is 0 Å². The highest BCUT2D eigenvalue weighted by atomic mass is 16.6. The van der Waals surface area contributed by atoms with Crippen LogP contribution in [0.4, 0.5) is 5.95 Å². The molecule has 124 valence electrons. The third-order valence-corrected chi connectivity index (χ3v) is 4.47. The maximum absolute atomic E-state index is 10.4. The summed E-state index contributed by atoms with van der Waals surface area (Å²) in [5, 5.41) is 19.8. The fourth-order valence-electron chi connectivity index (χ4n) is 3.25. The molecule has 2 saturated heterocycles. The van der Waals surface area contributed by atoms with E-state index in [4.69, 9.17) is 19.9 Å². The van der Waals surface area contributed by atoms with Crippen LogP contribution in [0.15, 0.2) is 6.33 Å². The summed E-state index contributed by atoms with van der Waals surface area (Å²) in [7, 11) is 1.47. The number of fused-ring (bicyclic) bond motifs is 1. The number of hydrogen-bond acceptors (Lipinski definition) is 9. The van der Waals surface area contributed by atoms with E-state index in [-0.39, 0.29) is 18.4 Å². The van der Waals surface area contributed by atoms with Crippen molar-refractivity contribution in [2.45, 2.75) is 30.5 Å². The average Bonchev–Trinajstić information content (AvgIpc) is 3.04. The molecule has 0 aliphatic carbocycles. The van der Waals surface area contributed by atoms with Gasteiger partial charge in [0.15, 0.2) is 17.4 Å². The number of aromatic nitrogens is 4. The van der Waals surface area contributed by atoms with Gasteiger partial charge in [0.25, 0.3) is 0 Å². The van der Waals surface area contributed by atoms with Gasteiger partial charge in [-0.1, -0.05) is 0 Å². The van der Waals surface area contributed by atoms with Crippen molar-refractivity contribution >= 4 is 17.1 Å². The first-order chi connectivity index (χ1) is 11.1. The number of aliphatic hydroxyl groups is 2. The van der Waals surface area contributed by atoms with Gasteiger partial charge in [-0.05, 0) is 0 Å². The summed E-state index contributed by atoms with van der Waals surface area (Å²) in [4.78, 5) is 12.4. The molecule has 2 aliphatic rings. The third-order valence-electron chi connectivity index (χ3n) is 4.47. The van der Waals surface area contributed by atoms with Gasteiger partial charge in [-0.15, -0.1) is 0 Å². The lowest BCUT2D eigenvalue weighted by Crippen LogP contribution is -2.56. The Bertz CT molecular complexity index is 746. The number of hydrogen-bond donors (Lipinski definition) is 3. The fraction of sp³-hybridized carbons (Fsp3) is 0.615. The molecule has 0 saturated carbocycles. The summed E-state index contributed by atoms with van der Waals surface area (Å²) in [6.45, 7) is 0.206. The Labute approximate surface area is 130 Å². The zero-order valence-corrected chi connectivity index (χ0v) is 12.4. The summed E-state index contributed by atoms with van der Waals surface area (Å²) in [6.07, 6.45) is -0.231. The average molecular weight is 323 g/mol. The van der Waals surface area contributed by atoms with Crippen molar-refractivity contribution in [2.75, 3.05) is 26.1 Å². The van der Waals surface area contributed by atoms with Gasteiger partial charge in [0.05, 0.1) is 26.7 Å². The standard InChI is InChI=1S/C13H17N5O5/c1-21-10-7-9(16-12(14)17-10)18(5-15-7)11-13(2-3-22-13)8(20)6(4-19)23-11/h5-6,8,11,19-20H,2-4H2,1H3,(H2,14,16,17)/t6-,8-,11-,13+/m1/s1. The molecule has 2 fully saturated rings. The van der Waals surface area contributed by atoms with Gasteiger partial charge in [0.1, 0.15) is 17.8 Å². The van der Waals surface area contributed by atoms with Gasteiger partial charge in [-0.3, -0.25) is 4.57 Å². The summed E-state index contributed by atoms with van der Waals surface area (Å²) in [6, 6.07) is 0. The van der Waals surface area contributed by atoms with Crippen molar-refractivity contribution in [2.24, 2.45) is 0 Å². The number of nitrogens with zero attached hydrogens (tertiary/aromatic N) is 4. The Morgan fingerprint density at radius 2 is 2.30 bits per heavy atom. The number of anilines is 1. The van der Waals surface area contributed by atoms with Crippen LogP contribution in [0.2, 0.25) is 0 Å². The van der Waals surface area contributed by atoms with Gasteiger partial charge in [0.2, 0.25) is 11.8 Å². The van der Waals surface area contributed by atoms with Crippen LogP contribution < -0.4 is 10.5 Å². The molecule has 10 heteroatoms. The van der Waals surface area contributed by atoms with E-state index in [0.717, 1.165) is 0 Å². The molecule has 0 aromatic carbocycles. The first-order valence-corrected chi connectivity index (χ1v) is 7.23. The molecule has 23 heavy (non-hydrogen) atoms. The highest BCUT2D eigenvalue weighted by molar-refractivity contribution is 5.77. The monoisotopic (exact) mass is 323 g/mol. The SMILES string of the molecule is COc1nc(N)nc2c1ncn2[C@@H]1O[C@H](CO)[C@@H](O)[C@@]12CCO2. The minimum absolute atomic E-state index is 0.0388. The number of nitrogens with two attached hydrogens (primary N) is 1. The second-order valence-electron chi connectivity index (χ2n) is 5.62. The number of aliphatic hydroxyl groups excluding tert-OH is 2. The Balaban J connectivity index is 1.84. The van der Waals surface area contributed by atoms with Gasteiger partial charge >= 0.3 is 0 Å². The second-order valence-corrected chi connectivity index (χ2v) is 5.62. The second kappa shape index (κ2) is 4.99. The van der Waals surface area contributed by atoms with E-state index in [9.17, 15) is 10.2 Å². The summed E-state index contributed by atoms with van der Waals surface area (Å²) in [5.41, 5.74) is 5.64. The van der Waals surface area contributed by atoms with Gasteiger partial charge in [0, 0.05) is 6.42 Å². The molecule has 4 atom stereocenters. The molecular weight excluding hydrogens is 306 g/mol. The quantitative estimate of drug-likeness (QED) is 0.637. The van der Waals surface area contributed by atoms with Gasteiger partial charge in [-0.2, -0.15) is 9.97 Å². The van der Waals surface area contributed by atoms with E-state index < -0.39 is 24.0 Å². The van der Waals surface area contributed by atoms with Crippen LogP contribution >= 0.6 is 0 Å². The lowest BCUT2D eigenvalue weighted by molar-refractivity contribution is -0.225. The normalized spacial score (nSPS) is 33.3. The molecule has 2 aromatic heterocycles. The van der Waals surface area contributed by atoms with Crippen molar-refractivity contribution < 1.29 is 24.4 Å². The summed E-state index contributed by atoms with van der Waals surface area (Å²) in [5.74, 6) is 0.295. The molecule has 0 amide bonds. The van der Waals surface area contributed by atoms with E-state index in [0.29, 0.717) is 24.2 Å². The minimum atomic E-state index is -0.940. The fourth-order valence-corrected chi connectivity index (χ4v) is 3.25. The highest BCUT2D eigenvalue weighted by Gasteiger charge is 2.61. The lowest BCUT2D eigenvalue weighted by atomic mass is 9.86. The van der Waals surface area contributed by atoms with Crippen molar-refractivity contribution in [3.8, 4) is 5.88 Å². The first-order valence-electron chi connectivity index (χ1n) is 7.23. The molecule has 1 spiro atoms. The first kappa shape index (κ1) is 14.6. The molecule has 0 radical (unpaired) electrons. The number of ether oxygens (including phenoxy) is 3. The molecule has 4 rings (SSSR count). The Hall–Kier alpha value is -2.01. The maximum atomic E-state index is 10.4. The number of rotatable bonds is 3. The maximum Gasteiger partial charge on any atom is 0.246 e. The van der Waals surface area contributed by atoms with Gasteiger partial charge < -0.3 is 30.2 Å². The molecule has 2 aromatic rings. The number of imidazole rings is 1. The van der Waals surface area contributed by atoms with Crippen LogP contribution in [0, 0.1) is 0 Å². The molecule has 10 nitrogen and oxygen atoms in total. The highest BCUT2D eigenvalue weighted by Crippen LogP contribution is 2.49.